The van der Waals surface area contributed by atoms with Crippen molar-refractivity contribution < 1.29 is 19.4 Å². The van der Waals surface area contributed by atoms with Crippen LogP contribution in [-0.4, -0.2) is 44.2 Å². The van der Waals surface area contributed by atoms with Gasteiger partial charge in [-0.1, -0.05) is 12.2 Å². The quantitative estimate of drug-likeness (QED) is 0.461. The van der Waals surface area contributed by atoms with Gasteiger partial charge in [-0.15, -0.1) is 0 Å². The monoisotopic (exact) mass is 203 g/mol. The first-order chi connectivity index (χ1) is 6.66. The van der Waals surface area contributed by atoms with E-state index in [0.29, 0.717) is 19.8 Å². The number of hydrogen-bond acceptors (Lipinski definition) is 4. The fourth-order valence-corrected chi connectivity index (χ4v) is 0.661. The molecule has 0 fully saturated rings. The van der Waals surface area contributed by atoms with Gasteiger partial charge in [-0.2, -0.15) is 0 Å². The van der Waals surface area contributed by atoms with Gasteiger partial charge in [0.25, 0.3) is 0 Å². The Kier molecular flexibility index (Phi) is 7.87. The maximum atomic E-state index is 10.8. The molecule has 0 radical (unpaired) electrons. The molecule has 0 aliphatic carbocycles. The summed E-state index contributed by atoms with van der Waals surface area (Å²) in [7, 11) is 0. The van der Waals surface area contributed by atoms with Gasteiger partial charge < -0.3 is 19.9 Å². The van der Waals surface area contributed by atoms with Gasteiger partial charge >= 0.3 is 6.09 Å². The van der Waals surface area contributed by atoms with Crippen LogP contribution in [0.3, 0.4) is 0 Å². The Balaban J connectivity index is 3.19. The molecule has 82 valence electrons. The zero-order valence-corrected chi connectivity index (χ0v) is 8.41. The first kappa shape index (κ1) is 12.9. The molecule has 0 aliphatic heterocycles. The minimum atomic E-state index is -0.544. The topological polar surface area (TPSA) is 67.8 Å². The van der Waals surface area contributed by atoms with E-state index in [9.17, 15) is 4.79 Å². The Morgan fingerprint density at radius 1 is 1.50 bits per heavy atom. The minimum Gasteiger partial charge on any atom is -0.447 e. The van der Waals surface area contributed by atoms with Crippen molar-refractivity contribution in [1.29, 1.82) is 0 Å². The average Bonchev–Trinajstić information content (AvgIpc) is 2.13. The van der Waals surface area contributed by atoms with E-state index in [1.165, 1.54) is 0 Å². The van der Waals surface area contributed by atoms with Gasteiger partial charge in [0.1, 0.15) is 6.61 Å². The van der Waals surface area contributed by atoms with E-state index in [1.54, 1.807) is 0 Å². The van der Waals surface area contributed by atoms with Crippen molar-refractivity contribution in [3.8, 4) is 0 Å². The largest absolute Gasteiger partial charge is 0.447 e. The lowest BCUT2D eigenvalue weighted by atomic mass is 10.4. The first-order valence-electron chi connectivity index (χ1n) is 4.40. The SMILES string of the molecule is C=C(C)COCCNC(=O)OCCO. The fraction of sp³-hybridized carbons (Fsp3) is 0.667. The molecule has 0 atom stereocenters. The Hall–Kier alpha value is -1.07. The summed E-state index contributed by atoms with van der Waals surface area (Å²) in [6.07, 6.45) is -0.544. The Morgan fingerprint density at radius 2 is 2.21 bits per heavy atom. The van der Waals surface area contributed by atoms with Crippen molar-refractivity contribution in [2.75, 3.05) is 33.0 Å². The number of carbonyl (C=O) groups excluding carboxylic acids is 1. The molecule has 0 rings (SSSR count). The Labute approximate surface area is 83.7 Å². The van der Waals surface area contributed by atoms with E-state index in [1.807, 2.05) is 6.92 Å². The second kappa shape index (κ2) is 8.52. The fourth-order valence-electron chi connectivity index (χ4n) is 0.661. The van der Waals surface area contributed by atoms with Crippen LogP contribution >= 0.6 is 0 Å². The van der Waals surface area contributed by atoms with Gasteiger partial charge in [0.05, 0.1) is 19.8 Å². The normalized spacial score (nSPS) is 9.57. The van der Waals surface area contributed by atoms with Crippen LogP contribution in [0.4, 0.5) is 4.79 Å². The third kappa shape index (κ3) is 9.02. The molecule has 2 N–H and O–H groups in total. The summed E-state index contributed by atoms with van der Waals surface area (Å²) in [5.74, 6) is 0. The van der Waals surface area contributed by atoms with E-state index in [-0.39, 0.29) is 13.2 Å². The molecular formula is C9H17NO4. The number of nitrogens with one attached hydrogen (secondary N) is 1. The number of carbonyl (C=O) groups is 1. The van der Waals surface area contributed by atoms with Crippen LogP contribution in [-0.2, 0) is 9.47 Å². The Bertz CT molecular complexity index is 182. The summed E-state index contributed by atoms with van der Waals surface area (Å²) < 4.78 is 9.68. The number of aliphatic hydroxyl groups excluding tert-OH is 1. The number of amides is 1. The molecule has 5 nitrogen and oxygen atoms in total. The molecule has 0 saturated carbocycles. The highest BCUT2D eigenvalue weighted by atomic mass is 16.6. The highest BCUT2D eigenvalue weighted by Crippen LogP contribution is 1.86. The summed E-state index contributed by atoms with van der Waals surface area (Å²) in [6.45, 7) is 6.67. The van der Waals surface area contributed by atoms with Crippen molar-refractivity contribution >= 4 is 6.09 Å². The van der Waals surface area contributed by atoms with Gasteiger partial charge in [0.15, 0.2) is 0 Å². The molecule has 0 spiro atoms. The molecule has 0 aromatic rings. The average molecular weight is 203 g/mol. The molecule has 5 heteroatoms. The van der Waals surface area contributed by atoms with Crippen LogP contribution < -0.4 is 5.32 Å². The number of ether oxygens (including phenoxy) is 2. The molecule has 0 bridgehead atoms. The smallest absolute Gasteiger partial charge is 0.407 e. The van der Waals surface area contributed by atoms with E-state index in [2.05, 4.69) is 16.6 Å². The molecule has 0 unspecified atom stereocenters. The number of hydrogen-bond donors (Lipinski definition) is 2. The summed E-state index contributed by atoms with van der Waals surface area (Å²) in [6, 6.07) is 0. The first-order valence-corrected chi connectivity index (χ1v) is 4.40. The molecular weight excluding hydrogens is 186 g/mol. The highest BCUT2D eigenvalue weighted by molar-refractivity contribution is 5.66. The number of alkyl carbamates (subject to hydrolysis) is 1. The lowest BCUT2D eigenvalue weighted by molar-refractivity contribution is 0.112. The highest BCUT2D eigenvalue weighted by Gasteiger charge is 1.98. The number of aliphatic hydroxyl groups is 1. The van der Waals surface area contributed by atoms with Crippen molar-refractivity contribution in [1.82, 2.24) is 5.32 Å². The maximum Gasteiger partial charge on any atom is 0.407 e. The van der Waals surface area contributed by atoms with Gasteiger partial charge in [-0.25, -0.2) is 4.79 Å². The van der Waals surface area contributed by atoms with Gasteiger partial charge in [0, 0.05) is 6.54 Å². The third-order valence-corrected chi connectivity index (χ3v) is 1.19. The molecule has 0 aliphatic rings. The second-order valence-electron chi connectivity index (χ2n) is 2.80. The molecule has 0 aromatic heterocycles. The van der Waals surface area contributed by atoms with Gasteiger partial charge in [-0.05, 0) is 6.92 Å². The molecule has 0 aromatic carbocycles. The van der Waals surface area contributed by atoms with Gasteiger partial charge in [-0.3, -0.25) is 0 Å². The van der Waals surface area contributed by atoms with Crippen LogP contribution in [0.2, 0.25) is 0 Å². The predicted octanol–water partition coefficient (Wildman–Crippen LogP) is 0.298. The third-order valence-electron chi connectivity index (χ3n) is 1.19. The van der Waals surface area contributed by atoms with E-state index in [0.717, 1.165) is 5.57 Å². The molecule has 0 heterocycles. The van der Waals surface area contributed by atoms with Crippen molar-refractivity contribution in [2.45, 2.75) is 6.92 Å². The summed E-state index contributed by atoms with van der Waals surface area (Å²) in [5, 5.41) is 10.8. The van der Waals surface area contributed by atoms with E-state index < -0.39 is 6.09 Å². The van der Waals surface area contributed by atoms with Crippen LogP contribution in [0.15, 0.2) is 12.2 Å². The lowest BCUT2D eigenvalue weighted by Gasteiger charge is -2.06. The maximum absolute atomic E-state index is 10.8. The van der Waals surface area contributed by atoms with Crippen molar-refractivity contribution in [3.63, 3.8) is 0 Å². The summed E-state index contributed by atoms with van der Waals surface area (Å²) in [5.41, 5.74) is 0.938. The van der Waals surface area contributed by atoms with Crippen molar-refractivity contribution in [2.24, 2.45) is 0 Å². The Morgan fingerprint density at radius 3 is 2.79 bits per heavy atom. The van der Waals surface area contributed by atoms with Gasteiger partial charge in [0.2, 0.25) is 0 Å². The minimum absolute atomic E-state index is 0.0124. The summed E-state index contributed by atoms with van der Waals surface area (Å²) in [4.78, 5) is 10.8. The van der Waals surface area contributed by atoms with Crippen LogP contribution in [0.25, 0.3) is 0 Å². The lowest BCUT2D eigenvalue weighted by Crippen LogP contribution is -2.28. The van der Waals surface area contributed by atoms with Crippen LogP contribution in [0, 0.1) is 0 Å². The van der Waals surface area contributed by atoms with Crippen molar-refractivity contribution in [3.05, 3.63) is 12.2 Å². The van der Waals surface area contributed by atoms with Crippen LogP contribution in [0.5, 0.6) is 0 Å². The second-order valence-corrected chi connectivity index (χ2v) is 2.80. The molecule has 0 saturated heterocycles. The number of rotatable bonds is 7. The predicted molar refractivity (Wildman–Crippen MR) is 52.1 cm³/mol. The standard InChI is InChI=1S/C9H17NO4/c1-8(2)7-13-5-3-10-9(12)14-6-4-11/h11H,1,3-7H2,2H3,(H,10,12). The van der Waals surface area contributed by atoms with E-state index >= 15 is 0 Å². The molecule has 14 heavy (non-hydrogen) atoms. The zero-order chi connectivity index (χ0) is 10.8. The van der Waals surface area contributed by atoms with E-state index in [4.69, 9.17) is 9.84 Å². The van der Waals surface area contributed by atoms with Crippen LogP contribution in [0.1, 0.15) is 6.92 Å². The summed E-state index contributed by atoms with van der Waals surface area (Å²) >= 11 is 0. The molecule has 1 amide bonds. The zero-order valence-electron chi connectivity index (χ0n) is 8.41.